The minimum Gasteiger partial charge on any atom is -0.478 e. The van der Waals surface area contributed by atoms with Crippen molar-refractivity contribution in [1.82, 2.24) is 4.98 Å². The van der Waals surface area contributed by atoms with Gasteiger partial charge in [0, 0.05) is 9.50 Å². The molecule has 100 valence electrons. The molecule has 4 nitrogen and oxygen atoms in total. The van der Waals surface area contributed by atoms with Crippen molar-refractivity contribution in [3.8, 4) is 11.5 Å². The van der Waals surface area contributed by atoms with Crippen LogP contribution in [0, 0.1) is 0 Å². The van der Waals surface area contributed by atoms with Crippen LogP contribution in [0.25, 0.3) is 22.6 Å². The minimum atomic E-state index is -0.996. The van der Waals surface area contributed by atoms with Gasteiger partial charge in [0.1, 0.15) is 5.52 Å². The molecule has 0 atom stereocenters. The van der Waals surface area contributed by atoms with E-state index in [1.165, 1.54) is 12.1 Å². The molecule has 1 aromatic heterocycles. The number of rotatable bonds is 2. The number of carboxylic acids is 1. The van der Waals surface area contributed by atoms with Crippen molar-refractivity contribution < 1.29 is 14.3 Å². The van der Waals surface area contributed by atoms with E-state index in [9.17, 15) is 4.79 Å². The third-order valence-electron chi connectivity index (χ3n) is 2.80. The summed E-state index contributed by atoms with van der Waals surface area (Å²) in [7, 11) is 0. The van der Waals surface area contributed by atoms with Crippen LogP contribution in [-0.2, 0) is 0 Å². The minimum absolute atomic E-state index is 0.174. The van der Waals surface area contributed by atoms with Gasteiger partial charge in [0.15, 0.2) is 5.58 Å². The van der Waals surface area contributed by atoms with Crippen molar-refractivity contribution in [3.63, 3.8) is 0 Å². The van der Waals surface area contributed by atoms with Gasteiger partial charge in [0.2, 0.25) is 5.89 Å². The first-order valence-corrected chi connectivity index (χ1v) is 6.81. The predicted molar refractivity (Wildman–Crippen MR) is 79.1 cm³/mol. The molecule has 0 bridgehead atoms. The first-order valence-electron chi connectivity index (χ1n) is 5.64. The summed E-state index contributed by atoms with van der Waals surface area (Å²) in [6.07, 6.45) is 0. The summed E-state index contributed by atoms with van der Waals surface area (Å²) in [5, 5.41) is 9.56. The molecular formula is C14H7BrClNO3. The van der Waals surface area contributed by atoms with E-state index >= 15 is 0 Å². The van der Waals surface area contributed by atoms with Crippen LogP contribution >= 0.6 is 27.5 Å². The highest BCUT2D eigenvalue weighted by atomic mass is 79.9. The molecule has 0 amide bonds. The van der Waals surface area contributed by atoms with Gasteiger partial charge in [-0.15, -0.1) is 0 Å². The molecule has 20 heavy (non-hydrogen) atoms. The summed E-state index contributed by atoms with van der Waals surface area (Å²) < 4.78 is 6.39. The van der Waals surface area contributed by atoms with E-state index in [4.69, 9.17) is 21.1 Å². The summed E-state index contributed by atoms with van der Waals surface area (Å²) in [4.78, 5) is 15.2. The Bertz CT molecular complexity index is 828. The van der Waals surface area contributed by atoms with Crippen molar-refractivity contribution in [2.75, 3.05) is 0 Å². The molecule has 3 aromatic rings. The molecule has 1 heterocycles. The number of aromatic carboxylic acids is 1. The van der Waals surface area contributed by atoms with Crippen LogP contribution in [0.1, 0.15) is 10.4 Å². The molecule has 0 aliphatic carbocycles. The Morgan fingerprint density at radius 2 is 2.05 bits per heavy atom. The molecule has 0 saturated heterocycles. The standard InChI is InChI=1S/C14H7BrClNO3/c15-10-6-8(16)2-3-9(10)13-17-11-5-7(14(18)19)1-4-12(11)20-13/h1-6H,(H,18,19). The number of hydrogen-bond donors (Lipinski definition) is 1. The fourth-order valence-electron chi connectivity index (χ4n) is 1.84. The normalized spacial score (nSPS) is 10.9. The molecule has 2 aromatic carbocycles. The Balaban J connectivity index is 2.15. The second kappa shape index (κ2) is 4.92. The van der Waals surface area contributed by atoms with Gasteiger partial charge in [-0.1, -0.05) is 11.6 Å². The maximum Gasteiger partial charge on any atom is 0.335 e. The Morgan fingerprint density at radius 3 is 2.75 bits per heavy atom. The third kappa shape index (κ3) is 2.30. The number of halogens is 2. The van der Waals surface area contributed by atoms with Gasteiger partial charge < -0.3 is 9.52 Å². The number of oxazole rings is 1. The van der Waals surface area contributed by atoms with Crippen LogP contribution in [0.5, 0.6) is 0 Å². The first kappa shape index (κ1) is 13.1. The molecule has 0 spiro atoms. The average Bonchev–Trinajstić information content (AvgIpc) is 2.80. The molecular weight excluding hydrogens is 346 g/mol. The summed E-state index contributed by atoms with van der Waals surface area (Å²) in [5.41, 5.74) is 1.96. The number of nitrogens with zero attached hydrogens (tertiary/aromatic N) is 1. The van der Waals surface area contributed by atoms with Crippen molar-refractivity contribution in [3.05, 3.63) is 51.5 Å². The largest absolute Gasteiger partial charge is 0.478 e. The lowest BCUT2D eigenvalue weighted by Gasteiger charge is -1.99. The van der Waals surface area contributed by atoms with Gasteiger partial charge in [-0.05, 0) is 52.3 Å². The van der Waals surface area contributed by atoms with Crippen LogP contribution < -0.4 is 0 Å². The van der Waals surface area contributed by atoms with Crippen molar-refractivity contribution in [2.45, 2.75) is 0 Å². The van der Waals surface area contributed by atoms with Gasteiger partial charge in [-0.25, -0.2) is 9.78 Å². The van der Waals surface area contributed by atoms with Gasteiger partial charge in [-0.2, -0.15) is 0 Å². The summed E-state index contributed by atoms with van der Waals surface area (Å²) in [6.45, 7) is 0. The van der Waals surface area contributed by atoms with E-state index in [0.29, 0.717) is 22.0 Å². The zero-order valence-electron chi connectivity index (χ0n) is 9.93. The Labute approximate surface area is 127 Å². The summed E-state index contributed by atoms with van der Waals surface area (Å²) >= 11 is 9.29. The summed E-state index contributed by atoms with van der Waals surface area (Å²) in [5.74, 6) is -0.588. The number of benzene rings is 2. The highest BCUT2D eigenvalue weighted by Crippen LogP contribution is 2.32. The van der Waals surface area contributed by atoms with Gasteiger partial charge >= 0.3 is 5.97 Å². The van der Waals surface area contributed by atoms with Crippen molar-refractivity contribution >= 4 is 44.6 Å². The van der Waals surface area contributed by atoms with E-state index < -0.39 is 5.97 Å². The average molecular weight is 353 g/mol. The van der Waals surface area contributed by atoms with Crippen LogP contribution in [0.15, 0.2) is 45.3 Å². The molecule has 0 radical (unpaired) electrons. The lowest BCUT2D eigenvalue weighted by Crippen LogP contribution is -1.94. The Hall–Kier alpha value is -1.85. The third-order valence-corrected chi connectivity index (χ3v) is 3.69. The van der Waals surface area contributed by atoms with Gasteiger partial charge in [-0.3, -0.25) is 0 Å². The van der Waals surface area contributed by atoms with Gasteiger partial charge in [0.25, 0.3) is 0 Å². The van der Waals surface area contributed by atoms with E-state index in [0.717, 1.165) is 10.0 Å². The highest BCUT2D eigenvalue weighted by Gasteiger charge is 2.13. The number of carboxylic acid groups (broad SMARTS) is 1. The topological polar surface area (TPSA) is 63.3 Å². The molecule has 1 N–H and O–H groups in total. The zero-order valence-corrected chi connectivity index (χ0v) is 12.3. The van der Waals surface area contributed by atoms with E-state index in [2.05, 4.69) is 20.9 Å². The number of fused-ring (bicyclic) bond motifs is 1. The van der Waals surface area contributed by atoms with Crippen LogP contribution in [0.2, 0.25) is 5.02 Å². The summed E-state index contributed by atoms with van der Waals surface area (Å²) in [6, 6.07) is 9.83. The lowest BCUT2D eigenvalue weighted by atomic mass is 10.2. The van der Waals surface area contributed by atoms with E-state index in [1.54, 1.807) is 24.3 Å². The maximum absolute atomic E-state index is 10.9. The number of hydrogen-bond acceptors (Lipinski definition) is 3. The smallest absolute Gasteiger partial charge is 0.335 e. The molecule has 0 aliphatic heterocycles. The maximum atomic E-state index is 10.9. The van der Waals surface area contributed by atoms with Gasteiger partial charge in [0.05, 0.1) is 11.1 Å². The van der Waals surface area contributed by atoms with Crippen molar-refractivity contribution in [2.24, 2.45) is 0 Å². The molecule has 3 rings (SSSR count). The second-order valence-electron chi connectivity index (χ2n) is 4.13. The number of aromatic nitrogens is 1. The molecule has 0 aliphatic rings. The molecule has 0 saturated carbocycles. The van der Waals surface area contributed by atoms with Crippen LogP contribution in [-0.4, -0.2) is 16.1 Å². The van der Waals surface area contributed by atoms with Crippen LogP contribution in [0.4, 0.5) is 0 Å². The molecule has 0 unspecified atom stereocenters. The van der Waals surface area contributed by atoms with Crippen molar-refractivity contribution in [1.29, 1.82) is 0 Å². The van der Waals surface area contributed by atoms with E-state index in [-0.39, 0.29) is 5.56 Å². The Kier molecular flexibility index (Phi) is 3.23. The second-order valence-corrected chi connectivity index (χ2v) is 5.42. The highest BCUT2D eigenvalue weighted by molar-refractivity contribution is 9.10. The molecule has 6 heteroatoms. The first-order chi connectivity index (χ1) is 9.54. The van der Waals surface area contributed by atoms with Crippen LogP contribution in [0.3, 0.4) is 0 Å². The lowest BCUT2D eigenvalue weighted by molar-refractivity contribution is 0.0697. The van der Waals surface area contributed by atoms with E-state index in [1.807, 2.05) is 0 Å². The molecule has 0 fully saturated rings. The zero-order chi connectivity index (χ0) is 14.3. The monoisotopic (exact) mass is 351 g/mol. The Morgan fingerprint density at radius 1 is 1.25 bits per heavy atom. The fraction of sp³-hybridized carbons (Fsp3) is 0. The predicted octanol–water partition coefficient (Wildman–Crippen LogP) is 4.61. The quantitative estimate of drug-likeness (QED) is 0.731. The SMILES string of the molecule is O=C(O)c1ccc2oc(-c3ccc(Cl)cc3Br)nc2c1. The fourth-order valence-corrected chi connectivity index (χ4v) is 2.69. The number of carbonyl (C=O) groups is 1.